The summed E-state index contributed by atoms with van der Waals surface area (Å²) in [6.07, 6.45) is 3.34. The first kappa shape index (κ1) is 15.1. The van der Waals surface area contributed by atoms with Gasteiger partial charge in [0.2, 0.25) is 0 Å². The lowest BCUT2D eigenvalue weighted by Gasteiger charge is -2.47. The van der Waals surface area contributed by atoms with E-state index in [0.29, 0.717) is 0 Å². The quantitative estimate of drug-likeness (QED) is 0.356. The fourth-order valence-electron chi connectivity index (χ4n) is 1.06. The number of hydrogen-bond acceptors (Lipinski definition) is 1. The summed E-state index contributed by atoms with van der Waals surface area (Å²) in [5.41, 5.74) is 0. The molecular formula is C7H4Br6O2. The van der Waals surface area contributed by atoms with Gasteiger partial charge in [0, 0.05) is 0 Å². The molecule has 1 rings (SSSR count). The fraction of sp³-hybridized carbons (Fsp3) is 0.571. The van der Waals surface area contributed by atoms with Gasteiger partial charge in [-0.3, -0.25) is 4.79 Å². The maximum atomic E-state index is 11.3. The second kappa shape index (κ2) is 4.64. The van der Waals surface area contributed by atoms with Gasteiger partial charge < -0.3 is 5.11 Å². The molecule has 1 aliphatic carbocycles. The maximum absolute atomic E-state index is 11.3. The Hall–Kier alpha value is 2.09. The average molecular weight is 600 g/mol. The summed E-state index contributed by atoms with van der Waals surface area (Å²) in [5, 5.41) is 9.24. The lowest BCUT2D eigenvalue weighted by Crippen LogP contribution is -2.59. The molecule has 0 aromatic carbocycles. The number of hydrogen-bond donors (Lipinski definition) is 1. The normalized spacial score (nSPS) is 37.6. The van der Waals surface area contributed by atoms with Crippen LogP contribution in [0.2, 0.25) is 0 Å². The van der Waals surface area contributed by atoms with Crippen LogP contribution in [0.5, 0.6) is 0 Å². The van der Waals surface area contributed by atoms with E-state index in [-0.39, 0.29) is 4.83 Å². The van der Waals surface area contributed by atoms with E-state index in [1.54, 1.807) is 12.2 Å². The van der Waals surface area contributed by atoms with E-state index in [2.05, 4.69) is 95.6 Å². The predicted molar refractivity (Wildman–Crippen MR) is 82.3 cm³/mol. The predicted octanol–water partition coefficient (Wildman–Crippen LogP) is 4.51. The second-order valence-electron chi connectivity index (χ2n) is 2.98. The molecule has 0 bridgehead atoms. The largest absolute Gasteiger partial charge is 0.480 e. The molecule has 15 heavy (non-hydrogen) atoms. The fourth-order valence-corrected chi connectivity index (χ4v) is 5.20. The van der Waals surface area contributed by atoms with Crippen LogP contribution in [0.4, 0.5) is 0 Å². The number of carbonyl (C=O) groups is 1. The van der Waals surface area contributed by atoms with E-state index >= 15 is 0 Å². The Labute approximate surface area is 137 Å². The van der Waals surface area contributed by atoms with Crippen LogP contribution < -0.4 is 0 Å². The van der Waals surface area contributed by atoms with Crippen LogP contribution in [-0.4, -0.2) is 26.7 Å². The molecule has 0 aliphatic heterocycles. The monoisotopic (exact) mass is 594 g/mol. The molecular weight excluding hydrogens is 595 g/mol. The van der Waals surface area contributed by atoms with Gasteiger partial charge in [-0.25, -0.2) is 0 Å². The third-order valence-corrected chi connectivity index (χ3v) is 13.3. The Morgan fingerprint density at radius 3 is 2.07 bits per heavy atom. The highest BCUT2D eigenvalue weighted by Crippen LogP contribution is 2.63. The molecule has 2 atom stereocenters. The van der Waals surface area contributed by atoms with Crippen molar-refractivity contribution >= 4 is 102 Å². The molecule has 1 N–H and O–H groups in total. The van der Waals surface area contributed by atoms with Crippen LogP contribution >= 0.6 is 95.6 Å². The van der Waals surface area contributed by atoms with Gasteiger partial charge in [-0.1, -0.05) is 108 Å². The van der Waals surface area contributed by atoms with E-state index in [1.807, 2.05) is 0 Å². The molecule has 0 aromatic rings. The van der Waals surface area contributed by atoms with Crippen molar-refractivity contribution in [3.8, 4) is 0 Å². The van der Waals surface area contributed by atoms with Crippen molar-refractivity contribution in [2.75, 3.05) is 0 Å². The van der Waals surface area contributed by atoms with Crippen molar-refractivity contribution in [2.24, 2.45) is 0 Å². The minimum atomic E-state index is -1.25. The smallest absolute Gasteiger partial charge is 0.326 e. The first-order valence-corrected chi connectivity index (χ1v) is 8.47. The number of aliphatic carboxylic acids is 1. The van der Waals surface area contributed by atoms with E-state index in [0.717, 1.165) is 0 Å². The molecule has 0 amide bonds. The van der Waals surface area contributed by atoms with Gasteiger partial charge in [-0.2, -0.15) is 0 Å². The molecule has 0 fully saturated rings. The molecule has 0 heterocycles. The Bertz CT molecular complexity index is 325. The Morgan fingerprint density at radius 2 is 1.67 bits per heavy atom. The summed E-state index contributed by atoms with van der Waals surface area (Å²) >= 11 is 20.3. The number of rotatable bonds is 1. The van der Waals surface area contributed by atoms with Crippen LogP contribution in [0.1, 0.15) is 0 Å². The molecule has 0 saturated carbocycles. The topological polar surface area (TPSA) is 37.3 Å². The van der Waals surface area contributed by atoms with E-state index < -0.39 is 16.8 Å². The van der Waals surface area contributed by atoms with Gasteiger partial charge >= 0.3 is 5.97 Å². The lowest BCUT2D eigenvalue weighted by atomic mass is 9.95. The van der Waals surface area contributed by atoms with Crippen LogP contribution in [0.25, 0.3) is 0 Å². The van der Waals surface area contributed by atoms with Crippen molar-refractivity contribution < 1.29 is 9.90 Å². The molecule has 2 nitrogen and oxygen atoms in total. The summed E-state index contributed by atoms with van der Waals surface area (Å²) in [5.74, 6) is -0.991. The molecule has 2 unspecified atom stereocenters. The maximum Gasteiger partial charge on any atom is 0.326 e. The molecule has 0 radical (unpaired) electrons. The zero-order valence-electron chi connectivity index (χ0n) is 6.86. The average Bonchev–Trinajstić information content (AvgIpc) is 2.10. The SMILES string of the molecule is O=C(O)C1(Br)C=CC(Br)C(Br)(Br)C1(Br)Br. The van der Waals surface area contributed by atoms with Crippen LogP contribution in [0, 0.1) is 0 Å². The first-order chi connectivity index (χ1) is 6.57. The molecule has 1 aliphatic rings. The zero-order valence-corrected chi connectivity index (χ0v) is 16.4. The number of halogens is 6. The lowest BCUT2D eigenvalue weighted by molar-refractivity contribution is -0.138. The summed E-state index contributed by atoms with van der Waals surface area (Å²) in [6.45, 7) is 0. The number of carboxylic acids is 1. The van der Waals surface area contributed by atoms with Gasteiger partial charge in [0.1, 0.15) is 6.47 Å². The Balaban J connectivity index is 3.37. The minimum absolute atomic E-state index is 0.0752. The summed E-state index contributed by atoms with van der Waals surface area (Å²) < 4.78 is -2.88. The third kappa shape index (κ3) is 2.20. The van der Waals surface area contributed by atoms with Crippen molar-refractivity contribution in [1.82, 2.24) is 0 Å². The zero-order chi connectivity index (χ0) is 12.1. The Kier molecular flexibility index (Phi) is 4.69. The highest BCUT2D eigenvalue weighted by Gasteiger charge is 2.65. The van der Waals surface area contributed by atoms with E-state index in [9.17, 15) is 9.90 Å². The van der Waals surface area contributed by atoms with Crippen molar-refractivity contribution in [3.05, 3.63) is 12.2 Å². The molecule has 0 aromatic heterocycles. The van der Waals surface area contributed by atoms with E-state index in [1.165, 1.54) is 0 Å². The number of carboxylic acid groups (broad SMARTS) is 1. The first-order valence-electron chi connectivity index (χ1n) is 3.58. The number of allylic oxidation sites excluding steroid dienone is 1. The van der Waals surface area contributed by atoms with Crippen LogP contribution in [-0.2, 0) is 4.79 Å². The third-order valence-electron chi connectivity index (χ3n) is 2.03. The van der Waals surface area contributed by atoms with E-state index in [4.69, 9.17) is 0 Å². The molecule has 0 spiro atoms. The second-order valence-corrected chi connectivity index (χ2v) is 12.2. The molecule has 86 valence electrons. The standard InChI is InChI=1S/C7H4Br6O2/c8-3-1-2-5(9,4(14)15)7(12,13)6(3,10)11/h1-3H,(H,14,15). The molecule has 0 saturated heterocycles. The van der Waals surface area contributed by atoms with Crippen LogP contribution in [0.15, 0.2) is 12.2 Å². The summed E-state index contributed by atoms with van der Waals surface area (Å²) in [7, 11) is 0. The van der Waals surface area contributed by atoms with Gasteiger partial charge in [-0.05, 0) is 0 Å². The van der Waals surface area contributed by atoms with Crippen LogP contribution in [0.3, 0.4) is 0 Å². The van der Waals surface area contributed by atoms with Gasteiger partial charge in [0.25, 0.3) is 0 Å². The highest BCUT2D eigenvalue weighted by atomic mass is 79.9. The minimum Gasteiger partial charge on any atom is -0.480 e. The Morgan fingerprint density at radius 1 is 1.20 bits per heavy atom. The highest BCUT2D eigenvalue weighted by molar-refractivity contribution is 9.31. The van der Waals surface area contributed by atoms with Crippen molar-refractivity contribution in [1.29, 1.82) is 0 Å². The summed E-state index contributed by atoms with van der Waals surface area (Å²) in [4.78, 5) is 11.2. The van der Waals surface area contributed by atoms with Gasteiger partial charge in [0.15, 0.2) is 4.32 Å². The summed E-state index contributed by atoms with van der Waals surface area (Å²) in [6, 6.07) is 0. The molecule has 8 heteroatoms. The van der Waals surface area contributed by atoms with Gasteiger partial charge in [0.05, 0.1) is 4.83 Å². The van der Waals surface area contributed by atoms with Gasteiger partial charge in [-0.15, -0.1) is 0 Å². The van der Waals surface area contributed by atoms with Crippen molar-refractivity contribution in [2.45, 2.75) is 15.6 Å². The van der Waals surface area contributed by atoms with Crippen molar-refractivity contribution in [3.63, 3.8) is 0 Å². The number of alkyl halides is 6.